The average molecular weight is 132 g/mol. The molecule has 2 heteroatoms. The van der Waals surface area contributed by atoms with Gasteiger partial charge in [0.25, 0.3) is 0 Å². The Morgan fingerprint density at radius 3 is 2.50 bits per heavy atom. The van der Waals surface area contributed by atoms with Crippen molar-refractivity contribution in [3.63, 3.8) is 0 Å². The minimum absolute atomic E-state index is 0.959. The molecule has 0 bridgehead atoms. The highest BCUT2D eigenvalue weighted by atomic mass is 15.2. The maximum Gasteiger partial charge on any atom is 0.0264 e. The van der Waals surface area contributed by atoms with Crippen molar-refractivity contribution in [1.82, 2.24) is 5.43 Å². The Kier molecular flexibility index (Phi) is 2.36. The summed E-state index contributed by atoms with van der Waals surface area (Å²) in [6.07, 6.45) is 0. The lowest BCUT2D eigenvalue weighted by Gasteiger charge is -1.84. The first-order valence-corrected chi connectivity index (χ1v) is 2.95. The van der Waals surface area contributed by atoms with Gasteiger partial charge in [0.05, 0.1) is 0 Å². The van der Waals surface area contributed by atoms with Gasteiger partial charge in [0.15, 0.2) is 0 Å². The highest BCUT2D eigenvalue weighted by Gasteiger charge is 1.78. The molecule has 0 spiro atoms. The van der Waals surface area contributed by atoms with E-state index in [1.165, 1.54) is 0 Å². The molecule has 0 fully saturated rings. The van der Waals surface area contributed by atoms with Crippen LogP contribution in [0.4, 0.5) is 0 Å². The number of rotatable bonds is 0. The zero-order valence-electron chi connectivity index (χ0n) is 5.46. The fraction of sp³-hybridized carbons (Fsp3) is 0. The zero-order valence-corrected chi connectivity index (χ0v) is 5.46. The molecule has 50 valence electrons. The highest BCUT2D eigenvalue weighted by molar-refractivity contribution is 5.32. The molecule has 0 unspecified atom stereocenters. The maximum absolute atomic E-state index is 4.95. The van der Waals surface area contributed by atoms with Crippen LogP contribution in [0, 0.1) is 12.0 Å². The van der Waals surface area contributed by atoms with E-state index in [0.717, 1.165) is 5.56 Å². The Hall–Kier alpha value is -1.46. The monoisotopic (exact) mass is 132 g/mol. The number of nitrogens with two attached hydrogens (primary N) is 1. The van der Waals surface area contributed by atoms with Gasteiger partial charge in [-0.05, 0) is 18.1 Å². The summed E-state index contributed by atoms with van der Waals surface area (Å²) in [6, 6.07) is 12.2. The van der Waals surface area contributed by atoms with E-state index in [1.807, 2.05) is 30.3 Å². The van der Waals surface area contributed by atoms with Crippen LogP contribution >= 0.6 is 0 Å². The van der Waals surface area contributed by atoms with Gasteiger partial charge >= 0.3 is 0 Å². The Bertz CT molecular complexity index is 243. The van der Waals surface area contributed by atoms with Gasteiger partial charge in [-0.2, -0.15) is 0 Å². The van der Waals surface area contributed by atoms with E-state index in [4.69, 9.17) is 5.84 Å². The number of hydrogen-bond acceptors (Lipinski definition) is 2. The molecule has 0 aliphatic heterocycles. The highest BCUT2D eigenvalue weighted by Crippen LogP contribution is 1.93. The summed E-state index contributed by atoms with van der Waals surface area (Å²) in [6.45, 7) is 0. The van der Waals surface area contributed by atoms with E-state index in [-0.39, 0.29) is 0 Å². The molecule has 3 N–H and O–H groups in total. The van der Waals surface area contributed by atoms with Crippen molar-refractivity contribution in [3.8, 4) is 12.0 Å². The Labute approximate surface area is 60.0 Å². The van der Waals surface area contributed by atoms with Crippen molar-refractivity contribution >= 4 is 0 Å². The first-order valence-electron chi connectivity index (χ1n) is 2.95. The fourth-order valence-electron chi connectivity index (χ4n) is 0.630. The normalized spacial score (nSPS) is 7.70. The maximum atomic E-state index is 4.95. The predicted molar refractivity (Wildman–Crippen MR) is 40.6 cm³/mol. The topological polar surface area (TPSA) is 38.0 Å². The second kappa shape index (κ2) is 3.54. The van der Waals surface area contributed by atoms with E-state index in [0.29, 0.717) is 0 Å². The van der Waals surface area contributed by atoms with Crippen LogP contribution in [0.5, 0.6) is 0 Å². The van der Waals surface area contributed by atoms with Gasteiger partial charge in [-0.1, -0.05) is 18.2 Å². The third-order valence-corrected chi connectivity index (χ3v) is 1.05. The first-order chi connectivity index (χ1) is 4.93. The molecule has 0 atom stereocenters. The predicted octanol–water partition coefficient (Wildman–Crippen LogP) is 0.459. The van der Waals surface area contributed by atoms with Gasteiger partial charge in [-0.25, -0.2) is 5.84 Å². The summed E-state index contributed by atoms with van der Waals surface area (Å²) in [4.78, 5) is 0. The van der Waals surface area contributed by atoms with Gasteiger partial charge < -0.3 is 0 Å². The van der Waals surface area contributed by atoms with Gasteiger partial charge in [0.2, 0.25) is 0 Å². The summed E-state index contributed by atoms with van der Waals surface area (Å²) >= 11 is 0. The van der Waals surface area contributed by atoms with Crippen LogP contribution in [-0.2, 0) is 0 Å². The summed E-state index contributed by atoms with van der Waals surface area (Å²) < 4.78 is 0. The van der Waals surface area contributed by atoms with Crippen molar-refractivity contribution in [3.05, 3.63) is 35.9 Å². The first kappa shape index (κ1) is 6.66. The molecule has 0 heterocycles. The number of hydrazine groups is 1. The van der Waals surface area contributed by atoms with Crippen LogP contribution < -0.4 is 11.3 Å². The van der Waals surface area contributed by atoms with Crippen LogP contribution in [-0.4, -0.2) is 0 Å². The third kappa shape index (κ3) is 1.81. The quantitative estimate of drug-likeness (QED) is 0.233. The van der Waals surface area contributed by atoms with Crippen LogP contribution in [0.1, 0.15) is 5.56 Å². The molecule has 0 saturated carbocycles. The molecule has 0 aliphatic rings. The molecule has 0 amide bonds. The SMILES string of the molecule is NNC#Cc1ccccc1. The number of hydrogen-bond donors (Lipinski definition) is 2. The smallest absolute Gasteiger partial charge is 0.0264 e. The van der Waals surface area contributed by atoms with E-state index in [9.17, 15) is 0 Å². The van der Waals surface area contributed by atoms with E-state index < -0.39 is 0 Å². The second-order valence-electron chi connectivity index (χ2n) is 1.76. The average Bonchev–Trinajstić information content (AvgIpc) is 2.03. The minimum atomic E-state index is 0.959. The largest absolute Gasteiger partial charge is 0.283 e. The van der Waals surface area contributed by atoms with Crippen molar-refractivity contribution in [2.75, 3.05) is 0 Å². The molecular weight excluding hydrogens is 124 g/mol. The summed E-state index contributed by atoms with van der Waals surface area (Å²) in [7, 11) is 0. The molecule has 1 rings (SSSR count). The molecule has 0 aliphatic carbocycles. The Balaban J connectivity index is 2.76. The minimum Gasteiger partial charge on any atom is -0.283 e. The number of nitrogens with one attached hydrogen (secondary N) is 1. The van der Waals surface area contributed by atoms with E-state index in [2.05, 4.69) is 17.4 Å². The molecule has 0 saturated heterocycles. The molecule has 10 heavy (non-hydrogen) atoms. The molecular formula is C8H8N2. The van der Waals surface area contributed by atoms with Gasteiger partial charge in [0.1, 0.15) is 0 Å². The van der Waals surface area contributed by atoms with Gasteiger partial charge in [0, 0.05) is 11.6 Å². The molecule has 2 nitrogen and oxygen atoms in total. The van der Waals surface area contributed by atoms with Crippen molar-refractivity contribution in [2.24, 2.45) is 5.84 Å². The molecule has 1 aromatic carbocycles. The van der Waals surface area contributed by atoms with Gasteiger partial charge in [-0.15, -0.1) is 0 Å². The number of benzene rings is 1. The fourth-order valence-corrected chi connectivity index (χ4v) is 0.630. The molecule has 0 radical (unpaired) electrons. The standard InChI is InChI=1S/C8H8N2/c9-10-7-6-8-4-2-1-3-5-8/h1-5,10H,9H2. The summed E-state index contributed by atoms with van der Waals surface area (Å²) in [5.41, 5.74) is 3.21. The second-order valence-corrected chi connectivity index (χ2v) is 1.76. The van der Waals surface area contributed by atoms with Crippen molar-refractivity contribution in [1.29, 1.82) is 0 Å². The van der Waals surface area contributed by atoms with Crippen LogP contribution in [0.2, 0.25) is 0 Å². The molecule has 0 aromatic heterocycles. The summed E-state index contributed by atoms with van der Waals surface area (Å²) in [5.74, 6) is 7.76. The lowest BCUT2D eigenvalue weighted by molar-refractivity contribution is 1.01. The lowest BCUT2D eigenvalue weighted by Crippen LogP contribution is -2.13. The van der Waals surface area contributed by atoms with Crippen LogP contribution in [0.25, 0.3) is 0 Å². The Morgan fingerprint density at radius 1 is 1.20 bits per heavy atom. The third-order valence-electron chi connectivity index (χ3n) is 1.05. The Morgan fingerprint density at radius 2 is 1.90 bits per heavy atom. The van der Waals surface area contributed by atoms with Gasteiger partial charge in [-0.3, -0.25) is 5.43 Å². The van der Waals surface area contributed by atoms with E-state index >= 15 is 0 Å². The van der Waals surface area contributed by atoms with Crippen molar-refractivity contribution < 1.29 is 0 Å². The van der Waals surface area contributed by atoms with Crippen LogP contribution in [0.15, 0.2) is 30.3 Å². The zero-order chi connectivity index (χ0) is 7.23. The van der Waals surface area contributed by atoms with Crippen LogP contribution in [0.3, 0.4) is 0 Å². The molecule has 1 aromatic rings. The lowest BCUT2D eigenvalue weighted by atomic mass is 10.2. The summed E-state index contributed by atoms with van der Waals surface area (Å²) in [5, 5.41) is 0. The van der Waals surface area contributed by atoms with E-state index in [1.54, 1.807) is 0 Å². The van der Waals surface area contributed by atoms with Crippen molar-refractivity contribution in [2.45, 2.75) is 0 Å².